The highest BCUT2D eigenvalue weighted by molar-refractivity contribution is 7.93. The third-order valence-corrected chi connectivity index (χ3v) is 7.75. The molecular weight excluding hydrogens is 423 g/mol. The fourth-order valence-electron chi connectivity index (χ4n) is 3.84. The molecule has 166 valence electrons. The Balaban J connectivity index is 2.13. The number of amidine groups is 1. The molecule has 11 heteroatoms. The summed E-state index contributed by atoms with van der Waals surface area (Å²) in [5.41, 5.74) is 3.18. The molecule has 1 aromatic rings. The molecule has 1 heterocycles. The van der Waals surface area contributed by atoms with Crippen molar-refractivity contribution in [1.82, 2.24) is 5.32 Å². The molecule has 1 aliphatic carbocycles. The number of carbonyl (C=O) groups is 1. The fourth-order valence-corrected chi connectivity index (χ4v) is 6.33. The lowest BCUT2D eigenvalue weighted by atomic mass is 9.78. The third kappa shape index (κ3) is 3.86. The van der Waals surface area contributed by atoms with Crippen LogP contribution in [0.1, 0.15) is 46.1 Å². The van der Waals surface area contributed by atoms with Crippen molar-refractivity contribution in [3.63, 3.8) is 0 Å². The molecule has 1 saturated carbocycles. The number of aliphatic imine (C=N–C) groups is 1. The van der Waals surface area contributed by atoms with Gasteiger partial charge in [-0.1, -0.05) is 0 Å². The van der Waals surface area contributed by atoms with Crippen LogP contribution in [-0.2, 0) is 20.1 Å². The standard InChI is InChI=1S/C19H24F3N3O4S/c1-16(2,3)29-15(26)24-14-18(8-19(21,22)9-18)30(27,28)10-17(4,25-14)12-7-11(23)5-6-13(12)20/h5-7H,8-10,23H2,1-4H3,(H,24,25,26)/t17-/m0/s1. The van der Waals surface area contributed by atoms with Crippen molar-refractivity contribution in [2.75, 3.05) is 11.5 Å². The van der Waals surface area contributed by atoms with E-state index in [-0.39, 0.29) is 11.3 Å². The van der Waals surface area contributed by atoms with Crippen molar-refractivity contribution < 1.29 is 31.1 Å². The number of halogens is 3. The Morgan fingerprint density at radius 1 is 1.27 bits per heavy atom. The highest BCUT2D eigenvalue weighted by Gasteiger charge is 2.69. The monoisotopic (exact) mass is 447 g/mol. The van der Waals surface area contributed by atoms with Crippen LogP contribution in [0.15, 0.2) is 23.2 Å². The zero-order chi connectivity index (χ0) is 22.8. The van der Waals surface area contributed by atoms with Crippen LogP contribution in [-0.4, -0.2) is 42.4 Å². The average Bonchev–Trinajstić information content (AvgIpc) is 2.50. The van der Waals surface area contributed by atoms with Crippen molar-refractivity contribution >= 4 is 27.5 Å². The number of nitrogens with one attached hydrogen (secondary N) is 1. The number of rotatable bonds is 1. The molecule has 0 radical (unpaired) electrons. The second-order valence-electron chi connectivity index (χ2n) is 9.06. The van der Waals surface area contributed by atoms with Gasteiger partial charge in [-0.2, -0.15) is 0 Å². The van der Waals surface area contributed by atoms with Gasteiger partial charge in [-0.15, -0.1) is 0 Å². The fraction of sp³-hybridized carbons (Fsp3) is 0.579. The molecule has 1 aliphatic heterocycles. The van der Waals surface area contributed by atoms with Gasteiger partial charge in [0.25, 0.3) is 5.92 Å². The van der Waals surface area contributed by atoms with E-state index in [1.807, 2.05) is 0 Å². The van der Waals surface area contributed by atoms with Gasteiger partial charge >= 0.3 is 6.09 Å². The Morgan fingerprint density at radius 3 is 2.40 bits per heavy atom. The SMILES string of the molecule is CC(C)(C)OC(=O)NC1=N[C@](C)(c2cc(N)ccc2F)CS(=O)(=O)C12CC(F)(F)C2. The molecule has 0 saturated heterocycles. The zero-order valence-electron chi connectivity index (χ0n) is 17.1. The van der Waals surface area contributed by atoms with Crippen LogP contribution in [0.3, 0.4) is 0 Å². The number of nitrogens with zero attached hydrogens (tertiary/aromatic N) is 1. The predicted molar refractivity (Wildman–Crippen MR) is 106 cm³/mol. The van der Waals surface area contributed by atoms with Crippen LogP contribution < -0.4 is 11.1 Å². The largest absolute Gasteiger partial charge is 0.444 e. The van der Waals surface area contributed by atoms with E-state index in [1.165, 1.54) is 19.1 Å². The third-order valence-electron chi connectivity index (χ3n) is 5.13. The minimum atomic E-state index is -4.27. The molecule has 0 unspecified atom stereocenters. The summed E-state index contributed by atoms with van der Waals surface area (Å²) >= 11 is 0. The number of hydrogen-bond acceptors (Lipinski definition) is 6. The van der Waals surface area contributed by atoms with Crippen molar-refractivity contribution in [1.29, 1.82) is 0 Å². The van der Waals surface area contributed by atoms with Crippen LogP contribution in [0, 0.1) is 5.82 Å². The van der Waals surface area contributed by atoms with E-state index >= 15 is 0 Å². The molecule has 2 aliphatic rings. The Morgan fingerprint density at radius 2 is 1.87 bits per heavy atom. The van der Waals surface area contributed by atoms with Crippen LogP contribution >= 0.6 is 0 Å². The van der Waals surface area contributed by atoms with Gasteiger partial charge in [0.1, 0.15) is 27.5 Å². The molecule has 3 rings (SSSR count). The Kier molecular flexibility index (Phi) is 4.92. The highest BCUT2D eigenvalue weighted by atomic mass is 32.2. The molecule has 3 N–H and O–H groups in total. The number of carbonyl (C=O) groups excluding carboxylic acids is 1. The van der Waals surface area contributed by atoms with E-state index in [2.05, 4.69) is 10.3 Å². The number of ether oxygens (including phenoxy) is 1. The molecule has 7 nitrogen and oxygen atoms in total. The zero-order valence-corrected chi connectivity index (χ0v) is 17.9. The molecule has 1 amide bonds. The van der Waals surface area contributed by atoms with Crippen molar-refractivity contribution in [3.8, 4) is 0 Å². The summed E-state index contributed by atoms with van der Waals surface area (Å²) in [7, 11) is -4.27. The van der Waals surface area contributed by atoms with Gasteiger partial charge in [-0.05, 0) is 45.9 Å². The van der Waals surface area contributed by atoms with E-state index in [0.717, 1.165) is 6.07 Å². The quantitative estimate of drug-likeness (QED) is 0.643. The summed E-state index contributed by atoms with van der Waals surface area (Å²) in [6.07, 6.45) is -3.08. The minimum Gasteiger partial charge on any atom is -0.444 e. The number of amides is 1. The first-order chi connectivity index (χ1) is 13.5. The van der Waals surface area contributed by atoms with Gasteiger partial charge < -0.3 is 10.5 Å². The van der Waals surface area contributed by atoms with Crippen LogP contribution in [0.2, 0.25) is 0 Å². The second-order valence-corrected chi connectivity index (χ2v) is 11.4. The van der Waals surface area contributed by atoms with Crippen molar-refractivity contribution in [2.24, 2.45) is 4.99 Å². The van der Waals surface area contributed by atoms with Gasteiger partial charge in [0, 0.05) is 24.1 Å². The summed E-state index contributed by atoms with van der Waals surface area (Å²) < 4.78 is 71.5. The lowest BCUT2D eigenvalue weighted by molar-refractivity contribution is -0.0833. The maximum Gasteiger partial charge on any atom is 0.413 e. The lowest BCUT2D eigenvalue weighted by Gasteiger charge is -2.50. The second kappa shape index (κ2) is 6.60. The first kappa shape index (κ1) is 22.4. The van der Waals surface area contributed by atoms with Gasteiger partial charge in [-0.25, -0.2) is 26.4 Å². The van der Waals surface area contributed by atoms with Crippen LogP contribution in [0.5, 0.6) is 0 Å². The van der Waals surface area contributed by atoms with Crippen molar-refractivity contribution in [2.45, 2.75) is 62.3 Å². The molecule has 1 aromatic carbocycles. The van der Waals surface area contributed by atoms with E-state index in [0.29, 0.717) is 0 Å². The van der Waals surface area contributed by atoms with Gasteiger partial charge in [-0.3, -0.25) is 10.3 Å². The number of alkyl carbamates (subject to hydrolysis) is 1. The summed E-state index contributed by atoms with van der Waals surface area (Å²) in [5, 5.41) is 2.24. The topological polar surface area (TPSA) is 111 Å². The summed E-state index contributed by atoms with van der Waals surface area (Å²) in [6.45, 7) is 6.12. The molecule has 30 heavy (non-hydrogen) atoms. The van der Waals surface area contributed by atoms with Gasteiger partial charge in [0.15, 0.2) is 9.84 Å². The van der Waals surface area contributed by atoms with E-state index < -0.39 is 68.0 Å². The highest BCUT2D eigenvalue weighted by Crippen LogP contribution is 2.54. The van der Waals surface area contributed by atoms with E-state index in [4.69, 9.17) is 10.5 Å². The Bertz CT molecular complexity index is 1030. The molecular formula is C19H24F3N3O4S. The molecule has 1 atom stereocenters. The first-order valence-corrected chi connectivity index (χ1v) is 10.9. The molecule has 1 spiro atoms. The van der Waals surface area contributed by atoms with E-state index in [9.17, 15) is 26.4 Å². The summed E-state index contributed by atoms with van der Waals surface area (Å²) in [5.74, 6) is -5.16. The number of alkyl halides is 2. The number of nitrogens with two attached hydrogens (primary N) is 1. The number of anilines is 1. The molecule has 0 aromatic heterocycles. The normalized spacial score (nSPS) is 26.4. The molecule has 0 bridgehead atoms. The van der Waals surface area contributed by atoms with Gasteiger partial charge in [0.05, 0.1) is 5.75 Å². The first-order valence-electron chi connectivity index (χ1n) is 9.25. The smallest absolute Gasteiger partial charge is 0.413 e. The lowest BCUT2D eigenvalue weighted by Crippen LogP contribution is -2.69. The van der Waals surface area contributed by atoms with E-state index in [1.54, 1.807) is 20.8 Å². The number of sulfone groups is 1. The Hall–Kier alpha value is -2.30. The van der Waals surface area contributed by atoms with Gasteiger partial charge in [0.2, 0.25) is 0 Å². The van der Waals surface area contributed by atoms with Crippen LogP contribution in [0.4, 0.5) is 23.7 Å². The summed E-state index contributed by atoms with van der Waals surface area (Å²) in [6, 6.07) is 3.62. The Labute approximate surface area is 172 Å². The maximum absolute atomic E-state index is 14.5. The number of benzene rings is 1. The van der Waals surface area contributed by atoms with Crippen molar-refractivity contribution in [3.05, 3.63) is 29.6 Å². The maximum atomic E-state index is 14.5. The average molecular weight is 447 g/mol. The summed E-state index contributed by atoms with van der Waals surface area (Å²) in [4.78, 5) is 16.6. The number of nitrogen functional groups attached to an aromatic ring is 1. The molecule has 1 fully saturated rings. The minimum absolute atomic E-state index is 0.115. The number of hydrogen-bond donors (Lipinski definition) is 2. The van der Waals surface area contributed by atoms with Crippen LogP contribution in [0.25, 0.3) is 0 Å². The predicted octanol–water partition coefficient (Wildman–Crippen LogP) is 3.14.